The first-order chi connectivity index (χ1) is 17.9. The summed E-state index contributed by atoms with van der Waals surface area (Å²) >= 11 is 1.46. The predicted octanol–water partition coefficient (Wildman–Crippen LogP) is 4.75. The Kier molecular flexibility index (Phi) is 7.06. The number of furan rings is 1. The van der Waals surface area contributed by atoms with Gasteiger partial charge in [-0.1, -0.05) is 20.8 Å². The molecule has 2 unspecified atom stereocenters. The Labute approximate surface area is 227 Å². The van der Waals surface area contributed by atoms with Crippen LogP contribution >= 0.6 is 11.3 Å². The average Bonchev–Trinajstić information content (AvgIpc) is 3.51. The number of fused-ring (bicyclic) bond motifs is 2. The third-order valence-corrected chi connectivity index (χ3v) is 10.7. The molecule has 10 heteroatoms. The van der Waals surface area contributed by atoms with Crippen molar-refractivity contribution in [2.45, 2.75) is 58.9 Å². The second-order valence-corrected chi connectivity index (χ2v) is 14.8. The number of anilines is 1. The second kappa shape index (κ2) is 10.0. The van der Waals surface area contributed by atoms with Gasteiger partial charge in [0.1, 0.15) is 16.3 Å². The Morgan fingerprint density at radius 1 is 1.21 bits per heavy atom. The molecule has 2 N–H and O–H groups in total. The van der Waals surface area contributed by atoms with Crippen LogP contribution in [0.4, 0.5) is 5.00 Å². The van der Waals surface area contributed by atoms with Crippen LogP contribution in [0.1, 0.15) is 60.0 Å². The molecule has 2 aromatic heterocycles. The first-order valence-corrected chi connectivity index (χ1v) is 15.6. The molecule has 2 amide bonds. The van der Waals surface area contributed by atoms with E-state index in [1.165, 1.54) is 11.3 Å². The molecule has 3 heterocycles. The highest BCUT2D eigenvalue weighted by Crippen LogP contribution is 2.44. The lowest BCUT2D eigenvalue weighted by Gasteiger charge is -2.33. The first kappa shape index (κ1) is 26.7. The molecule has 2 aliphatic rings. The Balaban J connectivity index is 1.41. The molecule has 0 saturated carbocycles. The minimum absolute atomic E-state index is 0.0457. The molecule has 1 aromatic carbocycles. The molecule has 0 radical (unpaired) electrons. The molecular formula is C28H34N2O6S2. The van der Waals surface area contributed by atoms with Crippen LogP contribution in [0, 0.1) is 11.3 Å². The van der Waals surface area contributed by atoms with E-state index < -0.39 is 15.9 Å². The summed E-state index contributed by atoms with van der Waals surface area (Å²) in [5.74, 6) is 0.621. The van der Waals surface area contributed by atoms with Gasteiger partial charge in [-0.2, -0.15) is 0 Å². The maximum atomic E-state index is 13.5. The van der Waals surface area contributed by atoms with Gasteiger partial charge in [-0.15, -0.1) is 11.3 Å². The normalized spacial score (nSPS) is 20.7. The van der Waals surface area contributed by atoms with Crippen LogP contribution < -0.4 is 15.4 Å². The van der Waals surface area contributed by atoms with Gasteiger partial charge in [0.15, 0.2) is 9.84 Å². The van der Waals surface area contributed by atoms with E-state index in [-0.39, 0.29) is 35.2 Å². The zero-order valence-corrected chi connectivity index (χ0v) is 23.8. The van der Waals surface area contributed by atoms with Gasteiger partial charge in [-0.05, 0) is 60.8 Å². The molecule has 38 heavy (non-hydrogen) atoms. The van der Waals surface area contributed by atoms with Crippen LogP contribution in [0.3, 0.4) is 0 Å². The van der Waals surface area contributed by atoms with Gasteiger partial charge in [0.05, 0.1) is 36.9 Å². The quantitative estimate of drug-likeness (QED) is 0.451. The molecule has 0 bridgehead atoms. The van der Waals surface area contributed by atoms with Gasteiger partial charge >= 0.3 is 0 Å². The molecule has 1 aliphatic heterocycles. The maximum absolute atomic E-state index is 13.5. The minimum Gasteiger partial charge on any atom is -0.497 e. The number of hydrogen-bond acceptors (Lipinski definition) is 7. The number of ether oxygens (including phenoxy) is 1. The number of rotatable bonds is 6. The molecule has 1 fully saturated rings. The van der Waals surface area contributed by atoms with E-state index >= 15 is 0 Å². The van der Waals surface area contributed by atoms with Crippen molar-refractivity contribution in [1.29, 1.82) is 0 Å². The van der Waals surface area contributed by atoms with Gasteiger partial charge in [0.2, 0.25) is 5.91 Å². The molecule has 1 aliphatic carbocycles. The number of thiophene rings is 1. The smallest absolute Gasteiger partial charge is 0.254 e. The summed E-state index contributed by atoms with van der Waals surface area (Å²) in [5, 5.41) is 7.27. The fourth-order valence-corrected chi connectivity index (χ4v) is 8.50. The molecule has 5 rings (SSSR count). The Bertz CT molecular complexity index is 1500. The van der Waals surface area contributed by atoms with Gasteiger partial charge in [-0.25, -0.2) is 8.42 Å². The van der Waals surface area contributed by atoms with E-state index in [9.17, 15) is 18.0 Å². The van der Waals surface area contributed by atoms with Crippen molar-refractivity contribution in [3.8, 4) is 5.75 Å². The van der Waals surface area contributed by atoms with E-state index in [4.69, 9.17) is 9.15 Å². The van der Waals surface area contributed by atoms with E-state index in [1.54, 1.807) is 25.5 Å². The molecular weight excluding hydrogens is 524 g/mol. The van der Waals surface area contributed by atoms with Gasteiger partial charge in [0, 0.05) is 21.9 Å². The number of benzene rings is 1. The fraction of sp³-hybridized carbons (Fsp3) is 0.500. The Morgan fingerprint density at radius 2 is 2.00 bits per heavy atom. The zero-order valence-electron chi connectivity index (χ0n) is 22.2. The standard InChI is InChI=1S/C28H34N2O6S2/c1-28(2,3)17-5-7-20-23(12-17)37-27(25(20)26(32)29-18-9-10-38(33,34)15-18)30-24(31)11-16-14-36-22-8-6-19(35-4)13-21(16)22/h6,8,13-14,17-18H,5,7,9-12,15H2,1-4H3,(H,29,32)(H,30,31). The Hall–Kier alpha value is -2.85. The van der Waals surface area contributed by atoms with Crippen LogP contribution in [0.2, 0.25) is 0 Å². The number of methoxy groups -OCH3 is 1. The van der Waals surface area contributed by atoms with Crippen LogP contribution in [0.5, 0.6) is 5.75 Å². The van der Waals surface area contributed by atoms with Crippen molar-refractivity contribution < 1.29 is 27.2 Å². The van der Waals surface area contributed by atoms with E-state index in [1.807, 2.05) is 6.07 Å². The van der Waals surface area contributed by atoms with Crippen molar-refractivity contribution in [2.75, 3.05) is 23.9 Å². The van der Waals surface area contributed by atoms with E-state index in [2.05, 4.69) is 31.4 Å². The second-order valence-electron chi connectivity index (χ2n) is 11.4. The van der Waals surface area contributed by atoms with Gasteiger partial charge in [-0.3, -0.25) is 9.59 Å². The third-order valence-electron chi connectivity index (χ3n) is 7.75. The summed E-state index contributed by atoms with van der Waals surface area (Å²) in [7, 11) is -1.54. The molecule has 1 saturated heterocycles. The number of carbonyl (C=O) groups is 2. The summed E-state index contributed by atoms with van der Waals surface area (Å²) in [5.41, 5.74) is 2.99. The van der Waals surface area contributed by atoms with E-state index in [0.717, 1.165) is 40.7 Å². The largest absolute Gasteiger partial charge is 0.497 e. The lowest BCUT2D eigenvalue weighted by molar-refractivity contribution is -0.115. The number of sulfone groups is 1. The van der Waals surface area contributed by atoms with Crippen molar-refractivity contribution in [3.63, 3.8) is 0 Å². The molecule has 8 nitrogen and oxygen atoms in total. The summed E-state index contributed by atoms with van der Waals surface area (Å²) < 4.78 is 34.8. The average molecular weight is 559 g/mol. The number of nitrogens with one attached hydrogen (secondary N) is 2. The van der Waals surface area contributed by atoms with Crippen LogP contribution in [-0.2, 0) is 33.9 Å². The van der Waals surface area contributed by atoms with Gasteiger partial charge < -0.3 is 19.8 Å². The maximum Gasteiger partial charge on any atom is 0.254 e. The van der Waals surface area contributed by atoms with Crippen molar-refractivity contribution in [1.82, 2.24) is 5.32 Å². The lowest BCUT2D eigenvalue weighted by Crippen LogP contribution is -2.36. The number of amides is 2. The SMILES string of the molecule is COc1ccc2occ(CC(=O)Nc3sc4c(c3C(=O)NC3CCS(=O)(=O)C3)CCC(C(C)(C)C)C4)c2c1. The lowest BCUT2D eigenvalue weighted by atomic mass is 9.72. The monoisotopic (exact) mass is 558 g/mol. The van der Waals surface area contributed by atoms with Crippen molar-refractivity contribution in [3.05, 3.63) is 46.0 Å². The first-order valence-electron chi connectivity index (χ1n) is 12.9. The molecule has 3 aromatic rings. The van der Waals surface area contributed by atoms with Crippen LogP contribution in [-0.4, -0.2) is 44.9 Å². The minimum atomic E-state index is -3.13. The predicted molar refractivity (Wildman–Crippen MR) is 149 cm³/mol. The summed E-state index contributed by atoms with van der Waals surface area (Å²) in [6, 6.07) is 5.04. The fourth-order valence-electron chi connectivity index (χ4n) is 5.49. The third kappa shape index (κ3) is 5.47. The van der Waals surface area contributed by atoms with Crippen molar-refractivity contribution in [2.24, 2.45) is 11.3 Å². The summed E-state index contributed by atoms with van der Waals surface area (Å²) in [6.07, 6.45) is 4.62. The molecule has 204 valence electrons. The summed E-state index contributed by atoms with van der Waals surface area (Å²) in [6.45, 7) is 6.70. The molecule has 0 spiro atoms. The van der Waals surface area contributed by atoms with Crippen LogP contribution in [0.25, 0.3) is 11.0 Å². The van der Waals surface area contributed by atoms with E-state index in [0.29, 0.717) is 34.2 Å². The topological polar surface area (TPSA) is 115 Å². The highest BCUT2D eigenvalue weighted by molar-refractivity contribution is 7.91. The highest BCUT2D eigenvalue weighted by Gasteiger charge is 2.36. The Morgan fingerprint density at radius 3 is 2.68 bits per heavy atom. The summed E-state index contributed by atoms with van der Waals surface area (Å²) in [4.78, 5) is 27.9. The number of carbonyl (C=O) groups excluding carboxylic acids is 2. The van der Waals surface area contributed by atoms with Gasteiger partial charge in [0.25, 0.3) is 5.91 Å². The number of hydrogen-bond donors (Lipinski definition) is 2. The van der Waals surface area contributed by atoms with Crippen molar-refractivity contribution >= 4 is 49.0 Å². The zero-order chi connectivity index (χ0) is 27.2. The van der Waals surface area contributed by atoms with Crippen LogP contribution in [0.15, 0.2) is 28.9 Å². The molecule has 2 atom stereocenters. The highest BCUT2D eigenvalue weighted by atomic mass is 32.2.